The van der Waals surface area contributed by atoms with Gasteiger partial charge in [-0.3, -0.25) is 0 Å². The highest BCUT2D eigenvalue weighted by molar-refractivity contribution is 9.11. The molecule has 0 aliphatic rings. The van der Waals surface area contributed by atoms with Gasteiger partial charge < -0.3 is 5.11 Å². The molecule has 0 spiro atoms. The molecule has 1 aromatic heterocycles. The van der Waals surface area contributed by atoms with Crippen LogP contribution in [0.15, 0.2) is 22.0 Å². The molecule has 0 saturated heterocycles. The van der Waals surface area contributed by atoms with Crippen LogP contribution in [0.2, 0.25) is 0 Å². The molecule has 14 heavy (non-hydrogen) atoms. The van der Waals surface area contributed by atoms with Crippen LogP contribution in [0, 0.1) is 0 Å². The molecule has 0 radical (unpaired) electrons. The predicted octanol–water partition coefficient (Wildman–Crippen LogP) is 3.89. The molecular weight excluding hydrogens is 284 g/mol. The first-order chi connectivity index (χ1) is 6.74. The molecule has 2 aromatic rings. The number of fused-ring (bicyclic) bond motifs is 1. The number of rotatable bonds is 2. The van der Waals surface area contributed by atoms with E-state index in [0.29, 0.717) is 5.88 Å². The van der Waals surface area contributed by atoms with Crippen LogP contribution in [-0.2, 0) is 12.5 Å². The molecule has 0 aliphatic heterocycles. The number of halogens is 2. The van der Waals surface area contributed by atoms with Crippen molar-refractivity contribution in [2.24, 2.45) is 0 Å². The Kier molecular flexibility index (Phi) is 3.12. The quantitative estimate of drug-likeness (QED) is 0.832. The highest BCUT2D eigenvalue weighted by atomic mass is 79.9. The van der Waals surface area contributed by atoms with Crippen molar-refractivity contribution in [1.82, 2.24) is 0 Å². The second-order valence-corrected chi connectivity index (χ2v) is 5.73. The van der Waals surface area contributed by atoms with Gasteiger partial charge in [-0.25, -0.2) is 0 Å². The van der Waals surface area contributed by atoms with E-state index in [1.165, 1.54) is 4.70 Å². The number of hydrogen-bond acceptors (Lipinski definition) is 2. The zero-order valence-electron chi connectivity index (χ0n) is 7.26. The maximum absolute atomic E-state index is 9.15. The van der Waals surface area contributed by atoms with Gasteiger partial charge in [0.2, 0.25) is 0 Å². The van der Waals surface area contributed by atoms with Gasteiger partial charge in [0.25, 0.3) is 0 Å². The lowest BCUT2D eigenvalue weighted by molar-refractivity contribution is 0.281. The Bertz CT molecular complexity index is 425. The molecule has 0 fully saturated rings. The van der Waals surface area contributed by atoms with Crippen molar-refractivity contribution in [2.45, 2.75) is 12.5 Å². The summed E-state index contributed by atoms with van der Waals surface area (Å²) >= 11 is 10.9. The summed E-state index contributed by atoms with van der Waals surface area (Å²) in [6.07, 6.45) is 0. The molecule has 1 heterocycles. The summed E-state index contributed by atoms with van der Waals surface area (Å²) in [4.78, 5) is 0. The molecule has 0 atom stereocenters. The maximum Gasteiger partial charge on any atom is 0.0711 e. The summed E-state index contributed by atoms with van der Waals surface area (Å²) in [5, 5.41) is 10.3. The Morgan fingerprint density at radius 3 is 2.71 bits per heavy atom. The fourth-order valence-corrected chi connectivity index (χ4v) is 3.27. The minimum Gasteiger partial charge on any atom is -0.392 e. The predicted molar refractivity (Wildman–Crippen MR) is 65.0 cm³/mol. The van der Waals surface area contributed by atoms with Crippen LogP contribution >= 0.6 is 38.9 Å². The number of hydrogen-bond donors (Lipinski definition) is 1. The van der Waals surface area contributed by atoms with Crippen LogP contribution in [0.5, 0.6) is 0 Å². The van der Waals surface area contributed by atoms with Crippen LogP contribution in [0.3, 0.4) is 0 Å². The van der Waals surface area contributed by atoms with E-state index in [2.05, 4.69) is 22.0 Å². The standard InChI is InChI=1S/C10H8BrClOS/c11-10-3-6-1-8(5-13)7(4-12)2-9(6)14-10/h1-3,13H,4-5H2. The molecule has 0 bridgehead atoms. The van der Waals surface area contributed by atoms with Gasteiger partial charge in [0, 0.05) is 10.6 Å². The molecule has 2 rings (SSSR count). The Morgan fingerprint density at radius 2 is 2.07 bits per heavy atom. The second-order valence-electron chi connectivity index (χ2n) is 3.00. The van der Waals surface area contributed by atoms with Crippen LogP contribution in [0.25, 0.3) is 10.1 Å². The molecule has 0 aliphatic carbocycles. The Balaban J connectivity index is 2.68. The number of thiophene rings is 1. The molecule has 1 aromatic carbocycles. The summed E-state index contributed by atoms with van der Waals surface area (Å²) < 4.78 is 2.30. The van der Waals surface area contributed by atoms with Gasteiger partial charge in [-0.05, 0) is 50.6 Å². The SMILES string of the molecule is OCc1cc2cc(Br)sc2cc1CCl. The van der Waals surface area contributed by atoms with Gasteiger partial charge in [-0.1, -0.05) is 0 Å². The average Bonchev–Trinajstić information content (AvgIpc) is 2.54. The third-order valence-electron chi connectivity index (χ3n) is 2.12. The lowest BCUT2D eigenvalue weighted by atomic mass is 10.1. The highest BCUT2D eigenvalue weighted by Gasteiger charge is 2.05. The van der Waals surface area contributed by atoms with Gasteiger partial charge in [-0.2, -0.15) is 0 Å². The van der Waals surface area contributed by atoms with Gasteiger partial charge in [0.1, 0.15) is 0 Å². The third kappa shape index (κ3) is 1.82. The fraction of sp³-hybridized carbons (Fsp3) is 0.200. The number of aliphatic hydroxyl groups is 1. The summed E-state index contributed by atoms with van der Waals surface area (Å²) in [5.41, 5.74) is 1.92. The van der Waals surface area contributed by atoms with E-state index in [9.17, 15) is 0 Å². The van der Waals surface area contributed by atoms with E-state index in [1.807, 2.05) is 12.1 Å². The Hall–Kier alpha value is -0.0900. The number of benzene rings is 1. The summed E-state index contributed by atoms with van der Waals surface area (Å²) in [7, 11) is 0. The van der Waals surface area contributed by atoms with E-state index in [0.717, 1.165) is 20.3 Å². The lowest BCUT2D eigenvalue weighted by Crippen LogP contribution is -1.90. The molecular formula is C10H8BrClOS. The second kappa shape index (κ2) is 4.19. The van der Waals surface area contributed by atoms with Crippen molar-refractivity contribution < 1.29 is 5.11 Å². The lowest BCUT2D eigenvalue weighted by Gasteiger charge is -2.03. The average molecular weight is 292 g/mol. The van der Waals surface area contributed by atoms with E-state index < -0.39 is 0 Å². The number of alkyl halides is 1. The van der Waals surface area contributed by atoms with Crippen molar-refractivity contribution in [1.29, 1.82) is 0 Å². The fourth-order valence-electron chi connectivity index (χ4n) is 1.42. The molecule has 4 heteroatoms. The molecule has 0 unspecified atom stereocenters. The maximum atomic E-state index is 9.15. The first kappa shape index (κ1) is 10.4. The van der Waals surface area contributed by atoms with Crippen molar-refractivity contribution in [3.63, 3.8) is 0 Å². The highest BCUT2D eigenvalue weighted by Crippen LogP contribution is 2.32. The first-order valence-corrected chi connectivity index (χ1v) is 6.26. The largest absolute Gasteiger partial charge is 0.392 e. The monoisotopic (exact) mass is 290 g/mol. The third-order valence-corrected chi connectivity index (χ3v) is 4.01. The number of aliphatic hydroxyl groups excluding tert-OH is 1. The molecule has 0 saturated carbocycles. The van der Waals surface area contributed by atoms with Crippen LogP contribution in [0.4, 0.5) is 0 Å². The van der Waals surface area contributed by atoms with Crippen molar-refractivity contribution in [3.8, 4) is 0 Å². The van der Waals surface area contributed by atoms with E-state index >= 15 is 0 Å². The zero-order valence-corrected chi connectivity index (χ0v) is 10.4. The van der Waals surface area contributed by atoms with E-state index in [4.69, 9.17) is 16.7 Å². The van der Waals surface area contributed by atoms with E-state index in [-0.39, 0.29) is 6.61 Å². The molecule has 0 amide bonds. The van der Waals surface area contributed by atoms with Crippen molar-refractivity contribution >= 4 is 49.0 Å². The van der Waals surface area contributed by atoms with Crippen molar-refractivity contribution in [3.05, 3.63) is 33.1 Å². The molecule has 74 valence electrons. The summed E-state index contributed by atoms with van der Waals surface area (Å²) in [5.74, 6) is 0.446. The summed E-state index contributed by atoms with van der Waals surface area (Å²) in [6.45, 7) is 0.0471. The van der Waals surface area contributed by atoms with Gasteiger partial charge in [-0.15, -0.1) is 22.9 Å². The van der Waals surface area contributed by atoms with Gasteiger partial charge in [0.05, 0.1) is 10.4 Å². The summed E-state index contributed by atoms with van der Waals surface area (Å²) in [6, 6.07) is 6.09. The molecule has 1 N–H and O–H groups in total. The Morgan fingerprint density at radius 1 is 1.29 bits per heavy atom. The normalized spacial score (nSPS) is 11.1. The topological polar surface area (TPSA) is 20.2 Å². The van der Waals surface area contributed by atoms with Crippen LogP contribution < -0.4 is 0 Å². The Labute approximate surface area is 99.4 Å². The smallest absolute Gasteiger partial charge is 0.0711 e. The van der Waals surface area contributed by atoms with Crippen LogP contribution in [0.1, 0.15) is 11.1 Å². The van der Waals surface area contributed by atoms with E-state index in [1.54, 1.807) is 11.3 Å². The van der Waals surface area contributed by atoms with Crippen LogP contribution in [-0.4, -0.2) is 5.11 Å². The minimum absolute atomic E-state index is 0.0471. The zero-order chi connectivity index (χ0) is 10.1. The van der Waals surface area contributed by atoms with Gasteiger partial charge in [0.15, 0.2) is 0 Å². The van der Waals surface area contributed by atoms with Gasteiger partial charge >= 0.3 is 0 Å². The molecule has 1 nitrogen and oxygen atoms in total. The first-order valence-electron chi connectivity index (χ1n) is 4.12. The minimum atomic E-state index is 0.0471. The van der Waals surface area contributed by atoms with Crippen molar-refractivity contribution in [2.75, 3.05) is 0 Å².